The molecule has 3 rings (SSSR count). The third kappa shape index (κ3) is 2.76. The molecule has 2 atom stereocenters. The SMILES string of the molecule is Clc1ccc(OC(C2CC2)[C@H]2CCNC2)cc1Cl. The van der Waals surface area contributed by atoms with Crippen molar-refractivity contribution in [2.24, 2.45) is 11.8 Å². The van der Waals surface area contributed by atoms with E-state index in [4.69, 9.17) is 27.9 Å². The predicted molar refractivity (Wildman–Crippen MR) is 74.6 cm³/mol. The standard InChI is InChI=1S/C14H17Cl2NO/c15-12-4-3-11(7-13(12)16)18-14(9-1-2-9)10-5-6-17-8-10/h3-4,7,9-10,14,17H,1-2,5-6,8H2/t10-,14?/m0/s1. The molecule has 1 aliphatic carbocycles. The molecule has 0 spiro atoms. The summed E-state index contributed by atoms with van der Waals surface area (Å²) in [5, 5.41) is 4.56. The smallest absolute Gasteiger partial charge is 0.121 e. The molecule has 2 nitrogen and oxygen atoms in total. The third-order valence-corrected chi connectivity index (χ3v) is 4.55. The first-order valence-corrected chi connectivity index (χ1v) is 7.32. The molecule has 98 valence electrons. The molecule has 1 aromatic rings. The minimum Gasteiger partial charge on any atom is -0.490 e. The number of nitrogens with one attached hydrogen (secondary N) is 1. The molecule has 1 aromatic carbocycles. The molecule has 1 saturated carbocycles. The summed E-state index contributed by atoms with van der Waals surface area (Å²) in [5.41, 5.74) is 0. The summed E-state index contributed by atoms with van der Waals surface area (Å²) in [6.45, 7) is 2.18. The van der Waals surface area contributed by atoms with Crippen LogP contribution in [0.4, 0.5) is 0 Å². The molecule has 1 unspecified atom stereocenters. The fraction of sp³-hybridized carbons (Fsp3) is 0.571. The van der Waals surface area contributed by atoms with Gasteiger partial charge in [-0.15, -0.1) is 0 Å². The van der Waals surface area contributed by atoms with Gasteiger partial charge in [0.1, 0.15) is 11.9 Å². The molecule has 0 aromatic heterocycles. The van der Waals surface area contributed by atoms with Crippen LogP contribution in [0.2, 0.25) is 10.0 Å². The number of rotatable bonds is 4. The highest BCUT2D eigenvalue weighted by Crippen LogP contribution is 2.40. The zero-order chi connectivity index (χ0) is 12.5. The van der Waals surface area contributed by atoms with Gasteiger partial charge >= 0.3 is 0 Å². The van der Waals surface area contributed by atoms with Crippen LogP contribution in [0, 0.1) is 11.8 Å². The molecule has 18 heavy (non-hydrogen) atoms. The second-order valence-corrected chi connectivity index (χ2v) is 6.06. The minimum absolute atomic E-state index is 0.331. The Morgan fingerprint density at radius 2 is 1.94 bits per heavy atom. The Morgan fingerprint density at radius 3 is 2.56 bits per heavy atom. The maximum atomic E-state index is 6.18. The van der Waals surface area contributed by atoms with Crippen molar-refractivity contribution in [3.8, 4) is 5.75 Å². The van der Waals surface area contributed by atoms with Gasteiger partial charge in [0, 0.05) is 18.5 Å². The number of halogens is 2. The van der Waals surface area contributed by atoms with Crippen LogP contribution in [-0.4, -0.2) is 19.2 Å². The third-order valence-electron chi connectivity index (χ3n) is 3.81. The Bertz CT molecular complexity index is 428. The summed E-state index contributed by atoms with van der Waals surface area (Å²) in [7, 11) is 0. The summed E-state index contributed by atoms with van der Waals surface area (Å²) in [6.07, 6.45) is 4.13. The molecule has 1 aliphatic heterocycles. The Balaban J connectivity index is 1.73. The van der Waals surface area contributed by atoms with Crippen LogP contribution in [0.1, 0.15) is 19.3 Å². The van der Waals surface area contributed by atoms with E-state index in [1.165, 1.54) is 19.3 Å². The lowest BCUT2D eigenvalue weighted by molar-refractivity contribution is 0.121. The van der Waals surface area contributed by atoms with Gasteiger partial charge in [-0.25, -0.2) is 0 Å². The van der Waals surface area contributed by atoms with Gasteiger partial charge in [-0.1, -0.05) is 23.2 Å². The van der Waals surface area contributed by atoms with Gasteiger partial charge in [-0.05, 0) is 43.9 Å². The maximum Gasteiger partial charge on any atom is 0.121 e. The van der Waals surface area contributed by atoms with E-state index >= 15 is 0 Å². The first kappa shape index (κ1) is 12.6. The van der Waals surface area contributed by atoms with Crippen molar-refractivity contribution in [1.29, 1.82) is 0 Å². The first-order chi connectivity index (χ1) is 8.74. The molecule has 0 bridgehead atoms. The van der Waals surface area contributed by atoms with Gasteiger partial charge in [0.2, 0.25) is 0 Å². The van der Waals surface area contributed by atoms with Crippen LogP contribution in [0.25, 0.3) is 0 Å². The van der Waals surface area contributed by atoms with Gasteiger partial charge < -0.3 is 10.1 Å². The van der Waals surface area contributed by atoms with E-state index in [1.54, 1.807) is 6.07 Å². The van der Waals surface area contributed by atoms with Gasteiger partial charge in [0.05, 0.1) is 10.0 Å². The van der Waals surface area contributed by atoms with E-state index in [1.807, 2.05) is 12.1 Å². The largest absolute Gasteiger partial charge is 0.490 e. The van der Waals surface area contributed by atoms with Gasteiger partial charge in [-0.2, -0.15) is 0 Å². The number of hydrogen-bond donors (Lipinski definition) is 1. The molecule has 0 amide bonds. The predicted octanol–water partition coefficient (Wildman–Crippen LogP) is 3.76. The highest BCUT2D eigenvalue weighted by Gasteiger charge is 2.39. The van der Waals surface area contributed by atoms with Gasteiger partial charge in [0.15, 0.2) is 0 Å². The molecule has 4 heteroatoms. The van der Waals surface area contributed by atoms with E-state index in [9.17, 15) is 0 Å². The van der Waals surface area contributed by atoms with E-state index in [-0.39, 0.29) is 0 Å². The zero-order valence-electron chi connectivity index (χ0n) is 10.2. The van der Waals surface area contributed by atoms with Crippen LogP contribution in [0.5, 0.6) is 5.75 Å². The van der Waals surface area contributed by atoms with Gasteiger partial charge in [-0.3, -0.25) is 0 Å². The Hall–Kier alpha value is -0.440. The van der Waals surface area contributed by atoms with Crippen LogP contribution < -0.4 is 10.1 Å². The van der Waals surface area contributed by atoms with Gasteiger partial charge in [0.25, 0.3) is 0 Å². The molecule has 1 heterocycles. The summed E-state index contributed by atoms with van der Waals surface area (Å²) < 4.78 is 6.18. The second-order valence-electron chi connectivity index (χ2n) is 5.25. The van der Waals surface area contributed by atoms with Crippen molar-refractivity contribution in [3.05, 3.63) is 28.2 Å². The minimum atomic E-state index is 0.331. The highest BCUT2D eigenvalue weighted by atomic mass is 35.5. The lowest BCUT2D eigenvalue weighted by Crippen LogP contribution is -2.30. The topological polar surface area (TPSA) is 21.3 Å². The summed E-state index contributed by atoms with van der Waals surface area (Å²) in [4.78, 5) is 0. The van der Waals surface area contributed by atoms with E-state index in [0.717, 1.165) is 24.8 Å². The van der Waals surface area contributed by atoms with Crippen molar-refractivity contribution in [2.45, 2.75) is 25.4 Å². The molecule has 2 fully saturated rings. The summed E-state index contributed by atoms with van der Waals surface area (Å²) in [5.74, 6) is 2.20. The van der Waals surface area contributed by atoms with Crippen LogP contribution in [0.3, 0.4) is 0 Å². The monoisotopic (exact) mass is 285 g/mol. The van der Waals surface area contributed by atoms with Crippen molar-refractivity contribution in [1.82, 2.24) is 5.32 Å². The van der Waals surface area contributed by atoms with E-state index in [0.29, 0.717) is 22.1 Å². The average Bonchev–Trinajstić information content (AvgIpc) is 3.05. The van der Waals surface area contributed by atoms with Crippen molar-refractivity contribution in [3.63, 3.8) is 0 Å². The molecule has 1 saturated heterocycles. The Morgan fingerprint density at radius 1 is 1.11 bits per heavy atom. The maximum absolute atomic E-state index is 6.18. The Labute approximate surface area is 118 Å². The number of benzene rings is 1. The molecule has 1 N–H and O–H groups in total. The molecule has 2 aliphatic rings. The van der Waals surface area contributed by atoms with Crippen LogP contribution in [-0.2, 0) is 0 Å². The first-order valence-electron chi connectivity index (χ1n) is 6.56. The highest BCUT2D eigenvalue weighted by molar-refractivity contribution is 6.42. The van der Waals surface area contributed by atoms with Crippen LogP contribution in [0.15, 0.2) is 18.2 Å². The fourth-order valence-corrected chi connectivity index (χ4v) is 2.95. The quantitative estimate of drug-likeness (QED) is 0.910. The summed E-state index contributed by atoms with van der Waals surface area (Å²) in [6, 6.07) is 5.53. The molecule has 0 radical (unpaired) electrons. The zero-order valence-corrected chi connectivity index (χ0v) is 11.7. The fourth-order valence-electron chi connectivity index (χ4n) is 2.67. The van der Waals surface area contributed by atoms with Crippen LogP contribution >= 0.6 is 23.2 Å². The number of ether oxygens (including phenoxy) is 1. The van der Waals surface area contributed by atoms with E-state index < -0.39 is 0 Å². The van der Waals surface area contributed by atoms with Crippen molar-refractivity contribution < 1.29 is 4.74 Å². The van der Waals surface area contributed by atoms with Crippen molar-refractivity contribution >= 4 is 23.2 Å². The normalized spacial score (nSPS) is 25.1. The molecular formula is C14H17Cl2NO. The second kappa shape index (κ2) is 5.28. The lowest BCUT2D eigenvalue weighted by Gasteiger charge is -2.24. The lowest BCUT2D eigenvalue weighted by atomic mass is 9.97. The molecular weight excluding hydrogens is 269 g/mol. The van der Waals surface area contributed by atoms with E-state index in [2.05, 4.69) is 5.32 Å². The van der Waals surface area contributed by atoms with Crippen molar-refractivity contribution in [2.75, 3.05) is 13.1 Å². The Kier molecular flexibility index (Phi) is 3.69. The average molecular weight is 286 g/mol. The summed E-state index contributed by atoms with van der Waals surface area (Å²) >= 11 is 11.9. The number of hydrogen-bond acceptors (Lipinski definition) is 2.